The largest absolute Gasteiger partial charge is 0.358 e. The van der Waals surface area contributed by atoms with Gasteiger partial charge in [0.15, 0.2) is 0 Å². The fourth-order valence-electron chi connectivity index (χ4n) is 5.24. The van der Waals surface area contributed by atoms with Crippen LogP contribution in [-0.2, 0) is 38.7 Å². The second-order valence-corrected chi connectivity index (χ2v) is 10.5. The summed E-state index contributed by atoms with van der Waals surface area (Å²) in [6, 6.07) is 43.5. The maximum absolute atomic E-state index is 2.32. The molecule has 6 rings (SSSR count). The van der Waals surface area contributed by atoms with Crippen molar-refractivity contribution in [3.63, 3.8) is 0 Å². The van der Waals surface area contributed by atoms with Crippen molar-refractivity contribution in [2.24, 2.45) is 0 Å². The SMILES string of the molecule is CCCCCC.CCc1cc2c(-c3ccccc3)cccc2[cH-]1.CCc1cc2c(-c3ccccc3)cccc2[cH-]1.Cl.Cl.[CH3-].[Hf].[Si]. The van der Waals surface area contributed by atoms with E-state index in [1.165, 1.54) is 80.6 Å². The zero-order valence-corrected chi connectivity index (χ0v) is 33.8. The van der Waals surface area contributed by atoms with Gasteiger partial charge in [0.05, 0.1) is 0 Å². The van der Waals surface area contributed by atoms with E-state index in [9.17, 15) is 0 Å². The van der Waals surface area contributed by atoms with Crippen molar-refractivity contribution >= 4 is 57.3 Å². The molecule has 0 unspecified atom stereocenters. The molecule has 6 aromatic carbocycles. The summed E-state index contributed by atoms with van der Waals surface area (Å²) in [5.74, 6) is 0. The van der Waals surface area contributed by atoms with Crippen LogP contribution in [0, 0.1) is 7.43 Å². The molecule has 0 nitrogen and oxygen atoms in total. The van der Waals surface area contributed by atoms with Crippen LogP contribution in [0.2, 0.25) is 0 Å². The summed E-state index contributed by atoms with van der Waals surface area (Å²) in [6.45, 7) is 8.87. The van der Waals surface area contributed by atoms with Gasteiger partial charge in [-0.1, -0.05) is 137 Å². The van der Waals surface area contributed by atoms with Gasteiger partial charge >= 0.3 is 0 Å². The second kappa shape index (κ2) is 24.0. The summed E-state index contributed by atoms with van der Waals surface area (Å²) in [6.07, 6.45) is 7.74. The van der Waals surface area contributed by atoms with Gasteiger partial charge < -0.3 is 7.43 Å². The van der Waals surface area contributed by atoms with Crippen LogP contribution in [0.3, 0.4) is 0 Å². The van der Waals surface area contributed by atoms with Gasteiger partial charge in [-0.2, -0.15) is 12.1 Å². The Kier molecular flexibility index (Phi) is 24.0. The normalized spacial score (nSPS) is 9.42. The van der Waals surface area contributed by atoms with Gasteiger partial charge in [0, 0.05) is 36.8 Å². The number of benzene rings is 4. The Bertz CT molecular complexity index is 1460. The van der Waals surface area contributed by atoms with Crippen LogP contribution < -0.4 is 0 Å². The fourth-order valence-corrected chi connectivity index (χ4v) is 5.24. The van der Waals surface area contributed by atoms with E-state index in [0.29, 0.717) is 0 Å². The molecule has 0 aliphatic heterocycles. The molecule has 4 radical (unpaired) electrons. The van der Waals surface area contributed by atoms with Gasteiger partial charge in [0.2, 0.25) is 0 Å². The molecule has 0 aliphatic rings. The maximum Gasteiger partial charge on any atom is 0 e. The first-order valence-electron chi connectivity index (χ1n) is 15.2. The number of aryl methyl sites for hydroxylation is 2. The Labute approximate surface area is 309 Å². The standard InChI is InChI=1S/2C17H15.C6H14.CH3.2ClH.Hf.Si/c2*1-2-13-11-15-9-6-10-16(17(15)12-13)14-7-4-3-5-8-14;1-3-5-6-4-2;;;;;/h2*3-12H,2H2,1H3;3-6H2,1-2H3;1H3;2*1H;;/q2*-1;;-1;;;;. The van der Waals surface area contributed by atoms with Crippen molar-refractivity contribution in [3.05, 3.63) is 140 Å². The molecule has 0 heterocycles. The molecule has 45 heavy (non-hydrogen) atoms. The van der Waals surface area contributed by atoms with E-state index in [1.807, 2.05) is 0 Å². The van der Waals surface area contributed by atoms with Crippen LogP contribution in [0.1, 0.15) is 64.5 Å². The molecule has 238 valence electrons. The zero-order valence-electron chi connectivity index (χ0n) is 27.6. The summed E-state index contributed by atoms with van der Waals surface area (Å²) in [5.41, 5.74) is 8.11. The Morgan fingerprint density at radius 1 is 0.489 bits per heavy atom. The number of halogens is 2. The van der Waals surface area contributed by atoms with E-state index in [4.69, 9.17) is 0 Å². The molecule has 0 aliphatic carbocycles. The van der Waals surface area contributed by atoms with E-state index in [-0.39, 0.29) is 69.0 Å². The maximum atomic E-state index is 2.32. The molecular weight excluding hydrogens is 770 g/mol. The number of unbranched alkanes of at least 4 members (excludes halogenated alkanes) is 3. The van der Waals surface area contributed by atoms with Crippen LogP contribution in [0.25, 0.3) is 43.8 Å². The predicted octanol–water partition coefficient (Wildman–Crippen LogP) is 13.1. The molecule has 0 fully saturated rings. The first kappa shape index (κ1) is 44.9. The van der Waals surface area contributed by atoms with E-state index in [0.717, 1.165) is 12.8 Å². The second-order valence-electron chi connectivity index (χ2n) is 10.5. The molecule has 0 atom stereocenters. The summed E-state index contributed by atoms with van der Waals surface area (Å²) in [7, 11) is 0. The molecule has 0 saturated heterocycles. The van der Waals surface area contributed by atoms with Crippen LogP contribution >= 0.6 is 24.8 Å². The molecular formula is C41H49Cl2HfSi-3. The molecule has 0 bridgehead atoms. The van der Waals surface area contributed by atoms with Crippen LogP contribution in [-0.4, -0.2) is 11.0 Å². The van der Waals surface area contributed by atoms with Crippen LogP contribution in [0.4, 0.5) is 0 Å². The minimum absolute atomic E-state index is 0. The van der Waals surface area contributed by atoms with Gasteiger partial charge in [-0.25, -0.2) is 0 Å². The van der Waals surface area contributed by atoms with Crippen molar-refractivity contribution in [1.82, 2.24) is 0 Å². The van der Waals surface area contributed by atoms with Crippen LogP contribution in [0.15, 0.2) is 121 Å². The van der Waals surface area contributed by atoms with Gasteiger partial charge in [-0.15, -0.1) is 93.9 Å². The molecule has 0 spiro atoms. The predicted molar refractivity (Wildman–Crippen MR) is 205 cm³/mol. The van der Waals surface area contributed by atoms with Crippen molar-refractivity contribution < 1.29 is 25.8 Å². The first-order valence-corrected chi connectivity index (χ1v) is 15.2. The summed E-state index contributed by atoms with van der Waals surface area (Å²) in [4.78, 5) is 0. The minimum atomic E-state index is 0. The molecule has 0 aromatic heterocycles. The Hall–Kier alpha value is -2.23. The van der Waals surface area contributed by atoms with Gasteiger partial charge in [0.1, 0.15) is 0 Å². The molecule has 4 heteroatoms. The van der Waals surface area contributed by atoms with E-state index >= 15 is 0 Å². The Balaban J connectivity index is 0. The summed E-state index contributed by atoms with van der Waals surface area (Å²) in [5, 5.41) is 5.44. The smallest absolute Gasteiger partial charge is 0 e. The number of hydrogen-bond acceptors (Lipinski definition) is 0. The van der Waals surface area contributed by atoms with Crippen molar-refractivity contribution in [2.75, 3.05) is 0 Å². The van der Waals surface area contributed by atoms with E-state index in [1.54, 1.807) is 0 Å². The summed E-state index contributed by atoms with van der Waals surface area (Å²) < 4.78 is 0. The third-order valence-electron chi connectivity index (χ3n) is 7.56. The van der Waals surface area contributed by atoms with Crippen molar-refractivity contribution in [3.8, 4) is 22.3 Å². The Morgan fingerprint density at radius 3 is 1.16 bits per heavy atom. The molecule has 0 N–H and O–H groups in total. The van der Waals surface area contributed by atoms with Gasteiger partial charge in [-0.3, -0.25) is 0 Å². The number of fused-ring (bicyclic) bond motifs is 2. The third-order valence-corrected chi connectivity index (χ3v) is 7.56. The Morgan fingerprint density at radius 2 is 0.844 bits per heavy atom. The van der Waals surface area contributed by atoms with E-state index < -0.39 is 0 Å². The minimum Gasteiger partial charge on any atom is -0.358 e. The van der Waals surface area contributed by atoms with E-state index in [2.05, 4.69) is 149 Å². The molecule has 0 amide bonds. The van der Waals surface area contributed by atoms with Crippen molar-refractivity contribution in [1.29, 1.82) is 0 Å². The average molecular weight is 819 g/mol. The topological polar surface area (TPSA) is 0 Å². The molecule has 0 saturated carbocycles. The first-order chi connectivity index (χ1) is 19.7. The molecule has 6 aromatic rings. The summed E-state index contributed by atoms with van der Waals surface area (Å²) >= 11 is 0. The van der Waals surface area contributed by atoms with Crippen molar-refractivity contribution in [2.45, 2.75) is 66.2 Å². The average Bonchev–Trinajstić information content (AvgIpc) is 3.65. The quantitative estimate of drug-likeness (QED) is 0.0855. The number of rotatable bonds is 7. The zero-order chi connectivity index (χ0) is 28.2. The monoisotopic (exact) mass is 819 g/mol. The van der Waals surface area contributed by atoms with Crippen LogP contribution in [0.5, 0.6) is 0 Å². The van der Waals surface area contributed by atoms with Gasteiger partial charge in [0.25, 0.3) is 0 Å². The fraction of sp³-hybridized carbons (Fsp3) is 0.244. The third kappa shape index (κ3) is 12.5. The van der Waals surface area contributed by atoms with Gasteiger partial charge in [-0.05, 0) is 24.0 Å². The number of hydrogen-bond donors (Lipinski definition) is 0.